The Balaban J connectivity index is 2.44. The van der Waals surface area contributed by atoms with Gasteiger partial charge in [0.25, 0.3) is 0 Å². The summed E-state index contributed by atoms with van der Waals surface area (Å²) in [5, 5.41) is 0. The van der Waals surface area contributed by atoms with Crippen LogP contribution >= 0.6 is 0 Å². The third-order valence-corrected chi connectivity index (χ3v) is 8.31. The van der Waals surface area contributed by atoms with Crippen LogP contribution in [0.3, 0.4) is 0 Å². The summed E-state index contributed by atoms with van der Waals surface area (Å²) in [4.78, 5) is 0. The van der Waals surface area contributed by atoms with E-state index in [4.69, 9.17) is 0 Å². The highest BCUT2D eigenvalue weighted by molar-refractivity contribution is 7.12. The van der Waals surface area contributed by atoms with Crippen molar-refractivity contribution >= 4 is 22.5 Å². The third kappa shape index (κ3) is 4.40. The molecule has 3 aromatic rings. The minimum atomic E-state index is -5.63. The average molecular weight is 646 g/mol. The van der Waals surface area contributed by atoms with Crippen molar-refractivity contribution < 1.29 is 65.9 Å². The van der Waals surface area contributed by atoms with Crippen molar-refractivity contribution in [3.63, 3.8) is 0 Å². The molecule has 0 aliphatic heterocycles. The van der Waals surface area contributed by atoms with Crippen LogP contribution in [0.1, 0.15) is 27.7 Å². The molecule has 4 rings (SSSR count). The number of rotatable bonds is 5. The second-order valence-corrected chi connectivity index (χ2v) is 10.2. The first-order valence-corrected chi connectivity index (χ1v) is 12.2. The molecule has 16 heteroatoms. The van der Waals surface area contributed by atoms with Gasteiger partial charge in [-0.25, -0.2) is 65.9 Å². The molecule has 44 heavy (non-hydrogen) atoms. The van der Waals surface area contributed by atoms with Gasteiger partial charge in [0, 0.05) is 0 Å². The molecule has 0 bridgehead atoms. The molecule has 0 nitrogen and oxygen atoms in total. The van der Waals surface area contributed by atoms with E-state index < -0.39 is 122 Å². The minimum Gasteiger partial charge on any atom is -0.207 e. The van der Waals surface area contributed by atoms with Crippen molar-refractivity contribution in [1.29, 1.82) is 0 Å². The van der Waals surface area contributed by atoms with Crippen molar-refractivity contribution in [3.05, 3.63) is 117 Å². The summed E-state index contributed by atoms with van der Waals surface area (Å²) in [5.74, 6) is -45.0. The standard InChI is InChI=1S/C28H14BF15/c1-6-7(2)9(4)10(8(6)3)5-29(11-14(30)20(36)26(42)21(37)15(11)31,12-16(32)22(38)27(43)23(39)17(12)33)13-18(34)24(40)28(44)25(41)19(13)35/h5H2,1-4H3/q-1. The summed E-state index contributed by atoms with van der Waals surface area (Å²) in [6, 6.07) is 0. The monoisotopic (exact) mass is 646 g/mol. The molecule has 3 aromatic carbocycles. The normalized spacial score (nSPS) is 16.2. The Morgan fingerprint density at radius 3 is 0.682 bits per heavy atom. The highest BCUT2D eigenvalue weighted by atomic mass is 19.2. The number of hydrogen-bond donors (Lipinski definition) is 0. The van der Waals surface area contributed by atoms with Gasteiger partial charge in [0.15, 0.2) is 52.4 Å². The predicted octanol–water partition coefficient (Wildman–Crippen LogP) is 7.21. The van der Waals surface area contributed by atoms with E-state index in [1.807, 2.05) is 0 Å². The first-order chi connectivity index (χ1) is 20.3. The maximum Gasteiger partial charge on any atom is 0.200 e. The van der Waals surface area contributed by atoms with Crippen LogP contribution in [-0.4, -0.2) is 6.15 Å². The molecular formula is C28H14BF15-. The lowest BCUT2D eigenvalue weighted by atomic mass is 9.12. The molecule has 1 saturated carbocycles. The van der Waals surface area contributed by atoms with E-state index in [0.717, 1.165) is 0 Å². The fourth-order valence-corrected chi connectivity index (χ4v) is 5.81. The number of halogens is 15. The Morgan fingerprint density at radius 2 is 0.477 bits per heavy atom. The fraction of sp³-hybridized carbons (Fsp3) is 0.179. The van der Waals surface area contributed by atoms with Crippen LogP contribution in [0.2, 0.25) is 6.32 Å². The number of benzene rings is 3. The Hall–Kier alpha value is -3.33. The molecule has 1 aliphatic rings. The highest BCUT2D eigenvalue weighted by Crippen LogP contribution is 2.55. The first-order valence-electron chi connectivity index (χ1n) is 12.2. The zero-order valence-corrected chi connectivity index (χ0v) is 22.5. The molecule has 0 atom stereocenters. The van der Waals surface area contributed by atoms with Gasteiger partial charge in [-0.15, -0.1) is 16.4 Å². The van der Waals surface area contributed by atoms with Gasteiger partial charge >= 0.3 is 0 Å². The number of hydrogen-bond acceptors (Lipinski definition) is 0. The molecule has 0 N–H and O–H groups in total. The first kappa shape index (κ1) is 33.6. The molecule has 0 saturated heterocycles. The molecule has 235 valence electrons. The van der Waals surface area contributed by atoms with E-state index in [9.17, 15) is 39.5 Å². The van der Waals surface area contributed by atoms with Crippen molar-refractivity contribution in [2.45, 2.75) is 34.0 Å². The van der Waals surface area contributed by atoms with E-state index in [0.29, 0.717) is 0 Å². The van der Waals surface area contributed by atoms with Crippen LogP contribution in [0.15, 0.2) is 0 Å². The van der Waals surface area contributed by atoms with Gasteiger partial charge < -0.3 is 0 Å². The smallest absolute Gasteiger partial charge is 0.200 e. The second kappa shape index (κ2) is 11.2. The molecule has 0 heterocycles. The summed E-state index contributed by atoms with van der Waals surface area (Å²) in [6.45, 7) is 5.15. The van der Waals surface area contributed by atoms with Crippen molar-refractivity contribution in [2.24, 2.45) is 0 Å². The quantitative estimate of drug-likeness (QED) is 0.119. The SMILES string of the molecule is C[C]1[C](C)[C](C)[C](C[B-](c2c(F)c(F)c(F)c(F)c2F)(c2c(F)c(F)c(F)c(F)c2F)c2c(F)c(F)c(F)c(F)c2F)[C]1C. The molecule has 0 amide bonds. The average Bonchev–Trinajstić information content (AvgIpc) is 3.16. The molecule has 0 unspecified atom stereocenters. The lowest BCUT2D eigenvalue weighted by Gasteiger charge is -2.46. The Labute approximate surface area is 239 Å². The predicted molar refractivity (Wildman–Crippen MR) is 127 cm³/mol. The zero-order valence-electron chi connectivity index (χ0n) is 22.5. The largest absolute Gasteiger partial charge is 0.207 e. The molecule has 0 spiro atoms. The van der Waals surface area contributed by atoms with Gasteiger partial charge in [0.1, 0.15) is 41.0 Å². The van der Waals surface area contributed by atoms with Gasteiger partial charge in [-0.3, -0.25) is 0 Å². The van der Waals surface area contributed by atoms with Crippen LogP contribution in [0.4, 0.5) is 65.9 Å². The van der Waals surface area contributed by atoms with Crippen LogP contribution in [0, 0.1) is 117 Å². The second-order valence-electron chi connectivity index (χ2n) is 10.2. The van der Waals surface area contributed by atoms with Crippen LogP contribution < -0.4 is 16.4 Å². The molecule has 5 radical (unpaired) electrons. The van der Waals surface area contributed by atoms with Crippen LogP contribution in [-0.2, 0) is 0 Å². The molecule has 1 aliphatic carbocycles. The van der Waals surface area contributed by atoms with Crippen molar-refractivity contribution in [2.75, 3.05) is 0 Å². The topological polar surface area (TPSA) is 0 Å². The minimum absolute atomic E-state index is 0.0390. The van der Waals surface area contributed by atoms with Crippen molar-refractivity contribution in [1.82, 2.24) is 0 Å². The van der Waals surface area contributed by atoms with E-state index in [1.54, 1.807) is 0 Å². The van der Waals surface area contributed by atoms with Gasteiger partial charge in [0.05, 0.1) is 0 Å². The fourth-order valence-electron chi connectivity index (χ4n) is 5.81. The van der Waals surface area contributed by atoms with E-state index in [-0.39, 0.29) is 23.7 Å². The van der Waals surface area contributed by atoms with Crippen LogP contribution in [0.5, 0.6) is 0 Å². The van der Waals surface area contributed by atoms with E-state index in [1.165, 1.54) is 27.7 Å². The van der Waals surface area contributed by atoms with Crippen LogP contribution in [0.25, 0.3) is 0 Å². The molecular weight excluding hydrogens is 632 g/mol. The maximum atomic E-state index is 15.6. The lowest BCUT2D eigenvalue weighted by Crippen LogP contribution is -2.73. The summed E-state index contributed by atoms with van der Waals surface area (Å²) in [5.41, 5.74) is -7.82. The van der Waals surface area contributed by atoms with Gasteiger partial charge in [-0.2, -0.15) is 6.32 Å². The molecule has 0 aromatic heterocycles. The summed E-state index contributed by atoms with van der Waals surface area (Å²) in [7, 11) is 0. The summed E-state index contributed by atoms with van der Waals surface area (Å²) >= 11 is 0. The van der Waals surface area contributed by atoms with E-state index >= 15 is 26.3 Å². The highest BCUT2D eigenvalue weighted by Gasteiger charge is 2.52. The Kier molecular flexibility index (Phi) is 8.57. The lowest BCUT2D eigenvalue weighted by molar-refractivity contribution is 0.379. The van der Waals surface area contributed by atoms with Gasteiger partial charge in [0.2, 0.25) is 0 Å². The maximum absolute atomic E-state index is 15.6. The summed E-state index contributed by atoms with van der Waals surface area (Å²) in [6.07, 6.45) is -7.42. The molecule has 1 fully saturated rings. The Bertz CT molecular complexity index is 1420. The summed E-state index contributed by atoms with van der Waals surface area (Å²) < 4.78 is 224. The van der Waals surface area contributed by atoms with E-state index in [2.05, 4.69) is 0 Å². The van der Waals surface area contributed by atoms with Crippen molar-refractivity contribution in [3.8, 4) is 0 Å². The Morgan fingerprint density at radius 1 is 0.295 bits per heavy atom. The zero-order chi connectivity index (χ0) is 33.5. The van der Waals surface area contributed by atoms with Gasteiger partial charge in [-0.1, -0.05) is 27.7 Å². The van der Waals surface area contributed by atoms with Gasteiger partial charge in [-0.05, 0) is 29.6 Å². The third-order valence-electron chi connectivity index (χ3n) is 8.31.